The van der Waals surface area contributed by atoms with Crippen molar-refractivity contribution in [2.75, 3.05) is 0 Å². The lowest BCUT2D eigenvalue weighted by atomic mass is 10.4. The Hall–Kier alpha value is -0.940. The van der Waals surface area contributed by atoms with Crippen LogP contribution in [0.3, 0.4) is 0 Å². The summed E-state index contributed by atoms with van der Waals surface area (Å²) in [5.41, 5.74) is 0. The molecule has 0 N–H and O–H groups in total. The minimum atomic E-state index is -9.57. The zero-order valence-electron chi connectivity index (χ0n) is 6.96. The summed E-state index contributed by atoms with van der Waals surface area (Å²) in [5.74, 6) is 0. The van der Waals surface area contributed by atoms with E-state index in [2.05, 4.69) is 0 Å². The van der Waals surface area contributed by atoms with Gasteiger partial charge in [-0.25, -0.2) is 0 Å². The molecule has 0 aliphatic rings. The van der Waals surface area contributed by atoms with Crippen molar-refractivity contribution in [3.05, 3.63) is 24.3 Å². The number of nitriles is 1. The second kappa shape index (κ2) is 2.80. The Morgan fingerprint density at radius 3 is 1.80 bits per heavy atom. The van der Waals surface area contributed by atoms with E-state index in [0.29, 0.717) is 11.8 Å². The van der Waals surface area contributed by atoms with Crippen molar-refractivity contribution >= 4 is 22.0 Å². The molecule has 1 aromatic carbocycles. The molecular formula is C7H4F5NS2. The SMILES string of the molecule is N#CSc1ccc(S(F)(F)(F)(F)F)cc1. The fourth-order valence-corrected chi connectivity index (χ4v) is 1.85. The van der Waals surface area contributed by atoms with Crippen LogP contribution in [0.25, 0.3) is 0 Å². The van der Waals surface area contributed by atoms with Gasteiger partial charge in [0.25, 0.3) is 0 Å². The quantitative estimate of drug-likeness (QED) is 0.428. The molecule has 0 radical (unpaired) electrons. The van der Waals surface area contributed by atoms with E-state index in [1.807, 2.05) is 0 Å². The molecule has 0 atom stereocenters. The Labute approximate surface area is 86.6 Å². The zero-order chi connectivity index (χ0) is 11.8. The number of halogens is 5. The summed E-state index contributed by atoms with van der Waals surface area (Å²) in [6, 6.07) is 2.23. The smallest absolute Gasteiger partial charge is 0.185 e. The van der Waals surface area contributed by atoms with Crippen LogP contribution in [0, 0.1) is 10.7 Å². The van der Waals surface area contributed by atoms with E-state index in [1.165, 1.54) is 0 Å². The molecule has 0 heterocycles. The first-order chi connectivity index (χ1) is 6.53. The lowest BCUT2D eigenvalue weighted by molar-refractivity contribution is 0.364. The van der Waals surface area contributed by atoms with Crippen molar-refractivity contribution in [1.29, 1.82) is 5.26 Å². The molecule has 0 bridgehead atoms. The Morgan fingerprint density at radius 1 is 1.00 bits per heavy atom. The number of nitrogens with zero attached hydrogens (tertiary/aromatic N) is 1. The van der Waals surface area contributed by atoms with Gasteiger partial charge in [-0.05, 0) is 36.0 Å². The third kappa shape index (κ3) is 3.28. The minimum Gasteiger partial charge on any atom is -0.185 e. The zero-order valence-corrected chi connectivity index (χ0v) is 8.60. The van der Waals surface area contributed by atoms with Gasteiger partial charge in [-0.1, -0.05) is 19.4 Å². The summed E-state index contributed by atoms with van der Waals surface area (Å²) in [6.07, 6.45) is 0. The van der Waals surface area contributed by atoms with Crippen LogP contribution in [0.2, 0.25) is 0 Å². The van der Waals surface area contributed by atoms with Crippen LogP contribution in [0.1, 0.15) is 0 Å². The van der Waals surface area contributed by atoms with Crippen molar-refractivity contribution in [3.63, 3.8) is 0 Å². The average Bonchev–Trinajstić information content (AvgIpc) is 2.01. The van der Waals surface area contributed by atoms with Crippen LogP contribution in [0.5, 0.6) is 0 Å². The van der Waals surface area contributed by atoms with E-state index in [4.69, 9.17) is 5.26 Å². The summed E-state index contributed by atoms with van der Waals surface area (Å²) >= 11 is 0.599. The molecule has 0 fully saturated rings. The second-order valence-electron chi connectivity index (χ2n) is 2.63. The largest absolute Gasteiger partial charge is 0.310 e. The highest BCUT2D eigenvalue weighted by molar-refractivity contribution is 8.45. The van der Waals surface area contributed by atoms with E-state index in [1.54, 1.807) is 5.40 Å². The highest BCUT2D eigenvalue weighted by Gasteiger charge is 2.65. The van der Waals surface area contributed by atoms with E-state index in [9.17, 15) is 19.4 Å². The number of hydrogen-bond donors (Lipinski definition) is 0. The van der Waals surface area contributed by atoms with Crippen LogP contribution in [0.15, 0.2) is 34.1 Å². The topological polar surface area (TPSA) is 23.8 Å². The Morgan fingerprint density at radius 2 is 1.47 bits per heavy atom. The van der Waals surface area contributed by atoms with Crippen molar-refractivity contribution in [1.82, 2.24) is 0 Å². The second-order valence-corrected chi connectivity index (χ2v) is 5.90. The predicted octanol–water partition coefficient (Wildman–Crippen LogP) is 4.92. The normalized spacial score (nSPS) is 16.3. The average molecular weight is 261 g/mol. The third-order valence-electron chi connectivity index (χ3n) is 1.43. The van der Waals surface area contributed by atoms with E-state index < -0.39 is 15.1 Å². The third-order valence-corrected chi connectivity index (χ3v) is 3.19. The van der Waals surface area contributed by atoms with Crippen LogP contribution >= 0.6 is 22.0 Å². The monoisotopic (exact) mass is 261 g/mol. The summed E-state index contributed by atoms with van der Waals surface area (Å²) in [6.45, 7) is 0. The molecular weight excluding hydrogens is 257 g/mol. The van der Waals surface area contributed by atoms with Crippen LogP contribution < -0.4 is 0 Å². The van der Waals surface area contributed by atoms with Gasteiger partial charge < -0.3 is 0 Å². The van der Waals surface area contributed by atoms with Gasteiger partial charge in [0.15, 0.2) is 0 Å². The lowest BCUT2D eigenvalue weighted by Crippen LogP contribution is -2.05. The first-order valence-electron chi connectivity index (χ1n) is 3.43. The predicted molar refractivity (Wildman–Crippen MR) is 49.3 cm³/mol. The van der Waals surface area contributed by atoms with Crippen LogP contribution in [-0.2, 0) is 0 Å². The molecule has 8 heteroatoms. The molecule has 0 unspecified atom stereocenters. The maximum absolute atomic E-state index is 12.2. The standard InChI is InChI=1S/C7H4F5NS2/c8-15(9,10,11,12)7-3-1-6(2-4-7)14-5-13/h1-4H. The fourth-order valence-electron chi connectivity index (χ4n) is 0.818. The van der Waals surface area contributed by atoms with Gasteiger partial charge in [0, 0.05) is 4.90 Å². The van der Waals surface area contributed by atoms with Crippen molar-refractivity contribution in [3.8, 4) is 5.40 Å². The van der Waals surface area contributed by atoms with Crippen molar-refractivity contribution in [2.45, 2.75) is 9.79 Å². The first kappa shape index (κ1) is 12.1. The van der Waals surface area contributed by atoms with E-state index in [-0.39, 0.29) is 17.0 Å². The molecule has 1 aromatic rings. The number of thiocyanates is 1. The number of hydrogen-bond acceptors (Lipinski definition) is 2. The van der Waals surface area contributed by atoms with Crippen LogP contribution in [-0.4, -0.2) is 0 Å². The maximum atomic E-state index is 12.2. The van der Waals surface area contributed by atoms with Gasteiger partial charge >= 0.3 is 10.2 Å². The van der Waals surface area contributed by atoms with Crippen molar-refractivity contribution in [2.24, 2.45) is 0 Å². The van der Waals surface area contributed by atoms with Gasteiger partial charge in [-0.15, -0.1) is 0 Å². The minimum absolute atomic E-state index is 0.183. The van der Waals surface area contributed by atoms with Gasteiger partial charge in [0.2, 0.25) is 0 Å². The molecule has 0 spiro atoms. The van der Waals surface area contributed by atoms with Gasteiger partial charge in [0.05, 0.1) is 0 Å². The molecule has 0 saturated carbocycles. The maximum Gasteiger partial charge on any atom is 0.310 e. The lowest BCUT2D eigenvalue weighted by Gasteiger charge is -2.40. The number of rotatable bonds is 2. The molecule has 0 aromatic heterocycles. The Balaban J connectivity index is 3.18. The van der Waals surface area contributed by atoms with Gasteiger partial charge in [-0.2, -0.15) is 5.26 Å². The number of thioether (sulfide) groups is 1. The van der Waals surface area contributed by atoms with Gasteiger partial charge in [-0.3, -0.25) is 0 Å². The molecule has 0 aliphatic carbocycles. The van der Waals surface area contributed by atoms with E-state index in [0.717, 1.165) is 12.1 Å². The Kier molecular flexibility index (Phi) is 2.26. The van der Waals surface area contributed by atoms with E-state index >= 15 is 0 Å². The van der Waals surface area contributed by atoms with Crippen LogP contribution in [0.4, 0.5) is 19.4 Å². The highest BCUT2D eigenvalue weighted by atomic mass is 32.5. The summed E-state index contributed by atoms with van der Waals surface area (Å²) < 4.78 is 61.0. The molecule has 15 heavy (non-hydrogen) atoms. The summed E-state index contributed by atoms with van der Waals surface area (Å²) in [7, 11) is -9.57. The molecule has 0 amide bonds. The first-order valence-corrected chi connectivity index (χ1v) is 6.20. The highest BCUT2D eigenvalue weighted by Crippen LogP contribution is 3.02. The Bertz CT molecular complexity index is 415. The molecule has 1 nitrogen and oxygen atoms in total. The number of benzene rings is 1. The molecule has 1 rings (SSSR count). The molecule has 0 saturated heterocycles. The summed E-state index contributed by atoms with van der Waals surface area (Å²) in [5, 5.41) is 9.82. The fraction of sp³-hybridized carbons (Fsp3) is 0. The van der Waals surface area contributed by atoms with Gasteiger partial charge in [0.1, 0.15) is 10.3 Å². The molecule has 0 aliphatic heterocycles. The van der Waals surface area contributed by atoms with Crippen molar-refractivity contribution < 1.29 is 19.4 Å². The molecule has 84 valence electrons. The summed E-state index contributed by atoms with van der Waals surface area (Å²) in [4.78, 5) is -1.76.